The highest BCUT2D eigenvalue weighted by atomic mass is 32.1. The van der Waals surface area contributed by atoms with Crippen molar-refractivity contribution in [3.05, 3.63) is 15.6 Å². The number of carbonyl (C=O) groups excluding carboxylic acids is 1. The zero-order valence-corrected chi connectivity index (χ0v) is 12.8. The van der Waals surface area contributed by atoms with E-state index in [0.717, 1.165) is 13.1 Å². The van der Waals surface area contributed by atoms with Crippen LogP contribution in [0.3, 0.4) is 0 Å². The number of amides is 2. The average molecular weight is 309 g/mol. The molecule has 2 fully saturated rings. The van der Waals surface area contributed by atoms with Crippen molar-refractivity contribution in [3.8, 4) is 0 Å². The van der Waals surface area contributed by atoms with Crippen LogP contribution in [0, 0.1) is 18.8 Å². The summed E-state index contributed by atoms with van der Waals surface area (Å²) in [4.78, 5) is 29.7. The first-order chi connectivity index (χ1) is 10.0. The summed E-state index contributed by atoms with van der Waals surface area (Å²) in [6.07, 6.45) is 3.77. The van der Waals surface area contributed by atoms with Crippen LogP contribution in [0.2, 0.25) is 0 Å². The van der Waals surface area contributed by atoms with Crippen molar-refractivity contribution >= 4 is 23.3 Å². The summed E-state index contributed by atoms with van der Waals surface area (Å²) >= 11 is 1.32. The molecule has 2 aliphatic rings. The summed E-state index contributed by atoms with van der Waals surface area (Å²) in [6, 6.07) is -0.0610. The van der Waals surface area contributed by atoms with Gasteiger partial charge in [-0.25, -0.2) is 14.6 Å². The molecule has 21 heavy (non-hydrogen) atoms. The second kappa shape index (κ2) is 5.63. The molecule has 1 aliphatic heterocycles. The maximum absolute atomic E-state index is 12.2. The van der Waals surface area contributed by atoms with Gasteiger partial charge in [-0.2, -0.15) is 0 Å². The molecule has 1 aromatic heterocycles. The SMILES string of the molecule is Cc1sc(CNC(=O)N2C[C@H]3CCC[C@H]3C2)nc1C(=O)O. The van der Waals surface area contributed by atoms with Gasteiger partial charge in [-0.05, 0) is 31.6 Å². The lowest BCUT2D eigenvalue weighted by Gasteiger charge is -2.17. The molecule has 7 heteroatoms. The molecule has 1 aliphatic carbocycles. The number of rotatable bonds is 3. The Kier molecular flexibility index (Phi) is 3.84. The van der Waals surface area contributed by atoms with E-state index in [1.807, 2.05) is 4.90 Å². The van der Waals surface area contributed by atoms with Crippen LogP contribution < -0.4 is 5.32 Å². The van der Waals surface area contributed by atoms with Gasteiger partial charge in [0, 0.05) is 18.0 Å². The van der Waals surface area contributed by atoms with Gasteiger partial charge in [0.05, 0.1) is 6.54 Å². The number of fused-ring (bicyclic) bond motifs is 1. The van der Waals surface area contributed by atoms with Crippen molar-refractivity contribution in [1.82, 2.24) is 15.2 Å². The highest BCUT2D eigenvalue weighted by Gasteiger charge is 2.37. The maximum Gasteiger partial charge on any atom is 0.355 e. The number of hydrogen-bond donors (Lipinski definition) is 2. The third-order valence-corrected chi connectivity index (χ3v) is 5.42. The first-order valence-electron chi connectivity index (χ1n) is 7.27. The molecule has 0 spiro atoms. The van der Waals surface area contributed by atoms with E-state index in [-0.39, 0.29) is 11.7 Å². The number of carboxylic acids is 1. The molecule has 2 atom stereocenters. The summed E-state index contributed by atoms with van der Waals surface area (Å²) in [7, 11) is 0. The third-order valence-electron chi connectivity index (χ3n) is 4.45. The normalized spacial score (nSPS) is 24.1. The number of aromatic carboxylic acids is 1. The number of likely N-dealkylation sites (tertiary alicyclic amines) is 1. The Balaban J connectivity index is 1.54. The second-order valence-corrected chi connectivity index (χ2v) is 7.12. The number of hydrogen-bond acceptors (Lipinski definition) is 4. The fraction of sp³-hybridized carbons (Fsp3) is 0.643. The summed E-state index contributed by atoms with van der Waals surface area (Å²) in [5, 5.41) is 12.5. The van der Waals surface area contributed by atoms with Crippen molar-refractivity contribution in [2.75, 3.05) is 13.1 Å². The molecule has 2 heterocycles. The Morgan fingerprint density at radius 3 is 2.62 bits per heavy atom. The Hall–Kier alpha value is -1.63. The van der Waals surface area contributed by atoms with Gasteiger partial charge in [-0.1, -0.05) is 6.42 Å². The minimum absolute atomic E-state index is 0.0610. The van der Waals surface area contributed by atoms with E-state index in [1.165, 1.54) is 30.6 Å². The summed E-state index contributed by atoms with van der Waals surface area (Å²) in [5.74, 6) is 0.335. The topological polar surface area (TPSA) is 82.5 Å². The van der Waals surface area contributed by atoms with Crippen LogP contribution >= 0.6 is 11.3 Å². The lowest BCUT2D eigenvalue weighted by Crippen LogP contribution is -2.38. The molecule has 0 aromatic carbocycles. The van der Waals surface area contributed by atoms with Crippen molar-refractivity contribution < 1.29 is 14.7 Å². The molecule has 3 rings (SSSR count). The largest absolute Gasteiger partial charge is 0.476 e. The van der Waals surface area contributed by atoms with Gasteiger partial charge < -0.3 is 15.3 Å². The van der Waals surface area contributed by atoms with Gasteiger partial charge in [0.2, 0.25) is 0 Å². The molecule has 1 aromatic rings. The van der Waals surface area contributed by atoms with Crippen molar-refractivity contribution in [2.24, 2.45) is 11.8 Å². The second-order valence-electron chi connectivity index (χ2n) is 5.83. The van der Waals surface area contributed by atoms with Crippen LogP contribution in [0.4, 0.5) is 4.79 Å². The summed E-state index contributed by atoms with van der Waals surface area (Å²) in [5.41, 5.74) is 0.0833. The predicted octanol–water partition coefficient (Wildman–Crippen LogP) is 2.09. The fourth-order valence-electron chi connectivity index (χ4n) is 3.39. The van der Waals surface area contributed by atoms with E-state index in [0.29, 0.717) is 28.3 Å². The minimum Gasteiger partial charge on any atom is -0.476 e. The molecular weight excluding hydrogens is 290 g/mol. The van der Waals surface area contributed by atoms with Crippen LogP contribution in [0.5, 0.6) is 0 Å². The van der Waals surface area contributed by atoms with E-state index >= 15 is 0 Å². The zero-order valence-electron chi connectivity index (χ0n) is 12.0. The number of nitrogens with zero attached hydrogens (tertiary/aromatic N) is 2. The van der Waals surface area contributed by atoms with Crippen molar-refractivity contribution in [3.63, 3.8) is 0 Å². The van der Waals surface area contributed by atoms with Gasteiger partial charge in [0.15, 0.2) is 5.69 Å². The molecule has 1 saturated heterocycles. The molecule has 2 amide bonds. The number of aromatic nitrogens is 1. The fourth-order valence-corrected chi connectivity index (χ4v) is 4.25. The molecule has 114 valence electrons. The quantitative estimate of drug-likeness (QED) is 0.895. The number of nitrogens with one attached hydrogen (secondary N) is 1. The standard InChI is InChI=1S/C14H19N3O3S/c1-8-12(13(18)19)16-11(21-8)5-15-14(20)17-6-9-3-2-4-10(9)7-17/h9-10H,2-7H2,1H3,(H,15,20)(H,18,19)/t9-,10+. The Morgan fingerprint density at radius 2 is 2.05 bits per heavy atom. The Bertz CT molecular complexity index is 560. The maximum atomic E-state index is 12.2. The predicted molar refractivity (Wildman–Crippen MR) is 78.5 cm³/mol. The molecular formula is C14H19N3O3S. The molecule has 0 radical (unpaired) electrons. The van der Waals surface area contributed by atoms with E-state index in [9.17, 15) is 9.59 Å². The van der Waals surface area contributed by atoms with Gasteiger partial charge in [0.25, 0.3) is 0 Å². The Labute approximate surface area is 127 Å². The number of carboxylic acid groups (broad SMARTS) is 1. The summed E-state index contributed by atoms with van der Waals surface area (Å²) in [6.45, 7) is 3.74. The highest BCUT2D eigenvalue weighted by molar-refractivity contribution is 7.11. The van der Waals surface area contributed by atoms with Gasteiger partial charge in [-0.15, -0.1) is 11.3 Å². The Morgan fingerprint density at radius 1 is 1.38 bits per heavy atom. The number of carbonyl (C=O) groups is 2. The monoisotopic (exact) mass is 309 g/mol. The van der Waals surface area contributed by atoms with Crippen LogP contribution in [0.15, 0.2) is 0 Å². The van der Waals surface area contributed by atoms with E-state index < -0.39 is 5.97 Å². The summed E-state index contributed by atoms with van der Waals surface area (Å²) < 4.78 is 0. The molecule has 0 bridgehead atoms. The van der Waals surface area contributed by atoms with Crippen LogP contribution in [0.1, 0.15) is 39.6 Å². The molecule has 0 unspecified atom stereocenters. The van der Waals surface area contributed by atoms with E-state index in [2.05, 4.69) is 10.3 Å². The number of thiazole rings is 1. The first-order valence-corrected chi connectivity index (χ1v) is 8.08. The minimum atomic E-state index is -1.02. The highest BCUT2D eigenvalue weighted by Crippen LogP contribution is 2.37. The van der Waals surface area contributed by atoms with Crippen LogP contribution in [-0.2, 0) is 6.54 Å². The lowest BCUT2D eigenvalue weighted by molar-refractivity contribution is 0.0690. The van der Waals surface area contributed by atoms with Gasteiger partial charge >= 0.3 is 12.0 Å². The first kappa shape index (κ1) is 14.3. The van der Waals surface area contributed by atoms with Crippen molar-refractivity contribution in [2.45, 2.75) is 32.7 Å². The average Bonchev–Trinajstić information content (AvgIpc) is 3.08. The van der Waals surface area contributed by atoms with Crippen LogP contribution in [-0.4, -0.2) is 40.1 Å². The van der Waals surface area contributed by atoms with E-state index in [4.69, 9.17) is 5.11 Å². The van der Waals surface area contributed by atoms with Gasteiger partial charge in [0.1, 0.15) is 5.01 Å². The van der Waals surface area contributed by atoms with Gasteiger partial charge in [-0.3, -0.25) is 0 Å². The smallest absolute Gasteiger partial charge is 0.355 e. The number of aryl methyl sites for hydroxylation is 1. The van der Waals surface area contributed by atoms with Crippen molar-refractivity contribution in [1.29, 1.82) is 0 Å². The van der Waals surface area contributed by atoms with Crippen LogP contribution in [0.25, 0.3) is 0 Å². The third kappa shape index (κ3) is 2.88. The number of urea groups is 1. The lowest BCUT2D eigenvalue weighted by atomic mass is 10.0. The molecule has 2 N–H and O–H groups in total. The van der Waals surface area contributed by atoms with E-state index in [1.54, 1.807) is 6.92 Å². The molecule has 1 saturated carbocycles. The zero-order chi connectivity index (χ0) is 15.0. The molecule has 6 nitrogen and oxygen atoms in total.